The number of ether oxygens (including phenoxy) is 2. The van der Waals surface area contributed by atoms with Crippen molar-refractivity contribution in [3.8, 4) is 11.1 Å². The molecule has 0 aromatic heterocycles. The molecule has 0 spiro atoms. The molecule has 1 saturated heterocycles. The molecule has 2 heterocycles. The fourth-order valence-electron chi connectivity index (χ4n) is 6.53. The summed E-state index contributed by atoms with van der Waals surface area (Å²) in [6.45, 7) is 8.96. The Kier molecular flexibility index (Phi) is 7.20. The maximum absolute atomic E-state index is 15.3. The van der Waals surface area contributed by atoms with Crippen LogP contribution in [0.3, 0.4) is 0 Å². The van der Waals surface area contributed by atoms with Gasteiger partial charge in [-0.15, -0.1) is 0 Å². The Balaban J connectivity index is 1.32. The van der Waals surface area contributed by atoms with Crippen molar-refractivity contribution < 1.29 is 33.0 Å². The van der Waals surface area contributed by atoms with E-state index in [0.29, 0.717) is 16.7 Å². The number of piperidine rings is 1. The molecule has 2 aromatic carbocycles. The SMILES string of the molecule is CC(C)(C)OC(=O)N1[C@@H]2CC[C@@H](C2)[C@H]1C(=O)C[C@@H](Cc1ccc(-c2ccc3c(c2)C(=O)OC3(C)C)cc1F)C(N)=O. The van der Waals surface area contributed by atoms with Crippen LogP contribution in [0.5, 0.6) is 0 Å². The molecule has 0 unspecified atom stereocenters. The number of benzene rings is 2. The van der Waals surface area contributed by atoms with Gasteiger partial charge < -0.3 is 15.2 Å². The van der Waals surface area contributed by atoms with E-state index in [9.17, 15) is 19.2 Å². The van der Waals surface area contributed by atoms with Crippen molar-refractivity contribution in [3.05, 3.63) is 58.9 Å². The van der Waals surface area contributed by atoms with Gasteiger partial charge in [0.2, 0.25) is 5.91 Å². The molecule has 1 saturated carbocycles. The van der Waals surface area contributed by atoms with E-state index >= 15 is 4.39 Å². The third-order valence-corrected chi connectivity index (χ3v) is 8.46. The predicted molar refractivity (Wildman–Crippen MR) is 149 cm³/mol. The molecule has 2 fully saturated rings. The van der Waals surface area contributed by atoms with Gasteiger partial charge in [0.1, 0.15) is 17.0 Å². The summed E-state index contributed by atoms with van der Waals surface area (Å²) in [5.41, 5.74) is 6.96. The van der Waals surface area contributed by atoms with E-state index in [4.69, 9.17) is 15.2 Å². The zero-order valence-electron chi connectivity index (χ0n) is 24.2. The first kappa shape index (κ1) is 28.8. The molecular formula is C32H37FN2O6. The van der Waals surface area contributed by atoms with Crippen LogP contribution in [0.25, 0.3) is 11.1 Å². The Morgan fingerprint density at radius 1 is 1.12 bits per heavy atom. The zero-order valence-corrected chi connectivity index (χ0v) is 24.2. The van der Waals surface area contributed by atoms with Crippen molar-refractivity contribution in [2.45, 2.75) is 90.0 Å². The number of primary amides is 1. The van der Waals surface area contributed by atoms with Gasteiger partial charge >= 0.3 is 12.1 Å². The molecule has 2 N–H and O–H groups in total. The van der Waals surface area contributed by atoms with E-state index in [-0.39, 0.29) is 36.1 Å². The minimum absolute atomic E-state index is 0.0137. The minimum Gasteiger partial charge on any atom is -0.451 e. The van der Waals surface area contributed by atoms with Gasteiger partial charge in [-0.25, -0.2) is 14.0 Å². The number of nitrogens with zero attached hydrogens (tertiary/aromatic N) is 1. The molecule has 2 aliphatic heterocycles. The van der Waals surface area contributed by atoms with E-state index in [1.807, 2.05) is 26.0 Å². The molecule has 5 rings (SSSR count). The summed E-state index contributed by atoms with van der Waals surface area (Å²) >= 11 is 0. The maximum Gasteiger partial charge on any atom is 0.411 e. The summed E-state index contributed by atoms with van der Waals surface area (Å²) < 4.78 is 26.3. The van der Waals surface area contributed by atoms with Crippen LogP contribution in [0.15, 0.2) is 36.4 Å². The Morgan fingerprint density at radius 3 is 2.46 bits per heavy atom. The fourth-order valence-corrected chi connectivity index (χ4v) is 6.53. The monoisotopic (exact) mass is 564 g/mol. The van der Waals surface area contributed by atoms with Crippen LogP contribution < -0.4 is 5.73 Å². The lowest BCUT2D eigenvalue weighted by atomic mass is 9.86. The lowest BCUT2D eigenvalue weighted by Crippen LogP contribution is -2.51. The first-order valence-electron chi connectivity index (χ1n) is 14.1. The number of ketones is 1. The summed E-state index contributed by atoms with van der Waals surface area (Å²) in [6.07, 6.45) is 1.61. The lowest BCUT2D eigenvalue weighted by molar-refractivity contribution is -0.131. The van der Waals surface area contributed by atoms with Gasteiger partial charge in [0.15, 0.2) is 5.78 Å². The highest BCUT2D eigenvalue weighted by Crippen LogP contribution is 2.44. The molecule has 2 aromatic rings. The number of carbonyl (C=O) groups excluding carboxylic acids is 4. The average molecular weight is 565 g/mol. The average Bonchev–Trinajstić information content (AvgIpc) is 3.55. The van der Waals surface area contributed by atoms with Crippen LogP contribution in [-0.4, -0.2) is 46.3 Å². The van der Waals surface area contributed by atoms with Crippen LogP contribution in [0.1, 0.15) is 81.8 Å². The van der Waals surface area contributed by atoms with Crippen LogP contribution in [0, 0.1) is 17.7 Å². The van der Waals surface area contributed by atoms with E-state index in [2.05, 4.69) is 0 Å². The molecule has 2 amide bonds. The number of rotatable bonds is 7. The number of Topliss-reactive ketones (excluding diaryl/α,β-unsaturated/α-hetero) is 1. The minimum atomic E-state index is -0.931. The Labute approximate surface area is 239 Å². The normalized spacial score (nSPS) is 23.2. The predicted octanol–water partition coefficient (Wildman–Crippen LogP) is 5.29. The van der Waals surface area contributed by atoms with E-state index < -0.39 is 46.9 Å². The summed E-state index contributed by atoms with van der Waals surface area (Å²) in [4.78, 5) is 52.8. The third kappa shape index (κ3) is 5.59. The van der Waals surface area contributed by atoms with Crippen molar-refractivity contribution in [2.24, 2.45) is 17.6 Å². The van der Waals surface area contributed by atoms with Crippen LogP contribution in [0.2, 0.25) is 0 Å². The van der Waals surface area contributed by atoms with Crippen molar-refractivity contribution in [1.29, 1.82) is 0 Å². The number of nitrogens with two attached hydrogens (primary N) is 1. The van der Waals surface area contributed by atoms with Gasteiger partial charge in [-0.1, -0.05) is 24.3 Å². The van der Waals surface area contributed by atoms with Crippen molar-refractivity contribution in [3.63, 3.8) is 0 Å². The molecular weight excluding hydrogens is 527 g/mol. The fraction of sp³-hybridized carbons (Fsp3) is 0.500. The van der Waals surface area contributed by atoms with Gasteiger partial charge in [-0.2, -0.15) is 0 Å². The van der Waals surface area contributed by atoms with Gasteiger partial charge in [0.25, 0.3) is 0 Å². The second kappa shape index (κ2) is 10.3. The molecule has 2 bridgehead atoms. The topological polar surface area (TPSA) is 116 Å². The molecule has 41 heavy (non-hydrogen) atoms. The van der Waals surface area contributed by atoms with Crippen molar-refractivity contribution in [2.75, 3.05) is 0 Å². The van der Waals surface area contributed by atoms with Gasteiger partial charge in [0, 0.05) is 23.9 Å². The summed E-state index contributed by atoms with van der Waals surface area (Å²) in [7, 11) is 0. The number of carbonyl (C=O) groups is 4. The number of amides is 2. The van der Waals surface area contributed by atoms with Crippen molar-refractivity contribution in [1.82, 2.24) is 4.90 Å². The Morgan fingerprint density at radius 2 is 1.80 bits per heavy atom. The standard InChI is InChI=1S/C32H37FN2O6/c1-31(2,3)41-30(39)35-22-10-8-20(13-22)27(35)26(36)16-21(28(34)37)12-19-7-6-18(15-25(19)33)17-9-11-24-23(14-17)29(38)40-32(24,4)5/h6-7,9,11,14-15,20-22,27H,8,10,12-13,16H2,1-5H3,(H2,34,37)/t20-,21+,22+,27-/m0/s1. The molecule has 9 heteroatoms. The van der Waals surface area contributed by atoms with E-state index in [1.165, 1.54) is 6.07 Å². The number of fused-ring (bicyclic) bond motifs is 3. The molecule has 1 aliphatic carbocycles. The smallest absolute Gasteiger partial charge is 0.411 e. The number of likely N-dealkylation sites (tertiary alicyclic amines) is 1. The van der Waals surface area contributed by atoms with E-state index in [1.54, 1.807) is 43.9 Å². The highest BCUT2D eigenvalue weighted by Gasteiger charge is 2.52. The second-order valence-corrected chi connectivity index (χ2v) is 13.0. The summed E-state index contributed by atoms with van der Waals surface area (Å²) in [5, 5.41) is 0. The Bertz CT molecular complexity index is 1430. The summed E-state index contributed by atoms with van der Waals surface area (Å²) in [5.74, 6) is -2.83. The summed E-state index contributed by atoms with van der Waals surface area (Å²) in [6, 6.07) is 9.22. The quantitative estimate of drug-likeness (QED) is 0.457. The number of cyclic esters (lactones) is 1. The zero-order chi connectivity index (χ0) is 29.9. The van der Waals surface area contributed by atoms with Crippen LogP contribution >= 0.6 is 0 Å². The van der Waals surface area contributed by atoms with E-state index in [0.717, 1.165) is 24.8 Å². The molecule has 8 nitrogen and oxygen atoms in total. The molecule has 0 radical (unpaired) electrons. The van der Waals surface area contributed by atoms with Crippen LogP contribution in [-0.2, 0) is 31.1 Å². The number of halogens is 1. The second-order valence-electron chi connectivity index (χ2n) is 13.0. The maximum atomic E-state index is 15.3. The first-order valence-corrected chi connectivity index (χ1v) is 14.1. The van der Waals surface area contributed by atoms with Gasteiger partial charge in [-0.05, 0) is 95.0 Å². The Hall–Kier alpha value is -3.75. The largest absolute Gasteiger partial charge is 0.451 e. The van der Waals surface area contributed by atoms with Gasteiger partial charge in [-0.3, -0.25) is 14.5 Å². The number of hydrogen-bond acceptors (Lipinski definition) is 6. The lowest BCUT2D eigenvalue weighted by Gasteiger charge is -2.36. The van der Waals surface area contributed by atoms with Crippen LogP contribution in [0.4, 0.5) is 9.18 Å². The highest BCUT2D eigenvalue weighted by atomic mass is 19.1. The van der Waals surface area contributed by atoms with Gasteiger partial charge in [0.05, 0.1) is 11.6 Å². The third-order valence-electron chi connectivity index (χ3n) is 8.46. The van der Waals surface area contributed by atoms with Crippen molar-refractivity contribution >= 4 is 23.8 Å². The highest BCUT2D eigenvalue weighted by molar-refractivity contribution is 5.96. The number of hydrogen-bond donors (Lipinski definition) is 1. The number of esters is 1. The molecule has 4 atom stereocenters. The molecule has 3 aliphatic rings. The molecule has 218 valence electrons. The first-order chi connectivity index (χ1) is 19.1.